The van der Waals surface area contributed by atoms with Crippen LogP contribution >= 0.6 is 0 Å². The Labute approximate surface area is 164 Å². The van der Waals surface area contributed by atoms with E-state index < -0.39 is 0 Å². The van der Waals surface area contributed by atoms with Gasteiger partial charge in [-0.2, -0.15) is 0 Å². The van der Waals surface area contributed by atoms with Crippen molar-refractivity contribution in [2.75, 3.05) is 53.4 Å². The predicted molar refractivity (Wildman–Crippen MR) is 110 cm³/mol. The Morgan fingerprint density at radius 1 is 1.30 bits per heavy atom. The summed E-state index contributed by atoms with van der Waals surface area (Å²) >= 11 is 0. The van der Waals surface area contributed by atoms with Gasteiger partial charge >= 0.3 is 0 Å². The van der Waals surface area contributed by atoms with E-state index in [1.807, 2.05) is 26.0 Å². The Bertz CT molecular complexity index is 742. The van der Waals surface area contributed by atoms with Gasteiger partial charge in [-0.25, -0.2) is 0 Å². The van der Waals surface area contributed by atoms with Crippen molar-refractivity contribution in [1.82, 2.24) is 19.7 Å². The molecule has 5 heteroatoms. The summed E-state index contributed by atoms with van der Waals surface area (Å²) in [5.74, 6) is 0.677. The van der Waals surface area contributed by atoms with Crippen molar-refractivity contribution in [2.24, 2.45) is 11.3 Å². The molecule has 2 atom stereocenters. The van der Waals surface area contributed by atoms with Gasteiger partial charge in [-0.3, -0.25) is 14.7 Å². The molecule has 1 amide bonds. The summed E-state index contributed by atoms with van der Waals surface area (Å²) in [5.41, 5.74) is 4.14. The first-order valence-electron chi connectivity index (χ1n) is 9.96. The number of amides is 1. The van der Waals surface area contributed by atoms with Gasteiger partial charge in [0.15, 0.2) is 0 Å². The fourth-order valence-electron chi connectivity index (χ4n) is 4.95. The average Bonchev–Trinajstić information content (AvgIpc) is 3.06. The van der Waals surface area contributed by atoms with E-state index in [4.69, 9.17) is 0 Å². The molecule has 0 bridgehead atoms. The first-order chi connectivity index (χ1) is 12.7. The lowest BCUT2D eigenvalue weighted by Crippen LogP contribution is -2.43. The van der Waals surface area contributed by atoms with Crippen molar-refractivity contribution in [3.05, 3.63) is 40.7 Å². The molecule has 0 saturated carbocycles. The molecule has 2 aliphatic heterocycles. The molecule has 1 aromatic heterocycles. The third kappa shape index (κ3) is 4.09. The maximum Gasteiger partial charge on any atom is 0.255 e. The van der Waals surface area contributed by atoms with E-state index >= 15 is 0 Å². The Morgan fingerprint density at radius 2 is 2.04 bits per heavy atom. The molecule has 0 N–H and O–H groups in total. The van der Waals surface area contributed by atoms with E-state index in [0.717, 1.165) is 56.2 Å². The quantitative estimate of drug-likeness (QED) is 0.747. The molecular weight excluding hydrogens is 336 g/mol. The van der Waals surface area contributed by atoms with Crippen LogP contribution in [-0.4, -0.2) is 79.0 Å². The maximum atomic E-state index is 13.2. The van der Waals surface area contributed by atoms with Crippen LogP contribution in [0.3, 0.4) is 0 Å². The molecule has 5 nitrogen and oxygen atoms in total. The van der Waals surface area contributed by atoms with Gasteiger partial charge in [0, 0.05) is 50.4 Å². The van der Waals surface area contributed by atoms with Gasteiger partial charge in [-0.1, -0.05) is 11.6 Å². The molecule has 0 radical (unpaired) electrons. The van der Waals surface area contributed by atoms with Crippen LogP contribution in [0.4, 0.5) is 0 Å². The molecule has 0 spiro atoms. The van der Waals surface area contributed by atoms with E-state index in [1.54, 1.807) is 0 Å². The third-order valence-electron chi connectivity index (χ3n) is 6.17. The first kappa shape index (κ1) is 20.0. The van der Waals surface area contributed by atoms with Crippen LogP contribution in [0.25, 0.3) is 0 Å². The maximum absolute atomic E-state index is 13.2. The summed E-state index contributed by atoms with van der Waals surface area (Å²) in [4.78, 5) is 24.6. The van der Waals surface area contributed by atoms with Gasteiger partial charge in [-0.05, 0) is 59.8 Å². The van der Waals surface area contributed by atoms with Gasteiger partial charge in [0.1, 0.15) is 0 Å². The van der Waals surface area contributed by atoms with Crippen LogP contribution in [0, 0.1) is 25.2 Å². The number of allylic oxidation sites excluding steroid dienone is 1. The van der Waals surface area contributed by atoms with E-state index in [0.29, 0.717) is 5.92 Å². The average molecular weight is 371 g/mol. The van der Waals surface area contributed by atoms with Crippen LogP contribution < -0.4 is 0 Å². The number of carbonyl (C=O) groups is 1. The molecule has 2 unspecified atom stereocenters. The highest BCUT2D eigenvalue weighted by atomic mass is 16.2. The van der Waals surface area contributed by atoms with Crippen molar-refractivity contribution >= 4 is 5.91 Å². The largest absolute Gasteiger partial charge is 0.338 e. The highest BCUT2D eigenvalue weighted by Gasteiger charge is 2.53. The van der Waals surface area contributed by atoms with Crippen LogP contribution in [0.5, 0.6) is 0 Å². The molecule has 148 valence electrons. The normalized spacial score (nSPS) is 26.1. The molecule has 3 heterocycles. The van der Waals surface area contributed by atoms with Crippen molar-refractivity contribution in [3.8, 4) is 0 Å². The smallest absolute Gasteiger partial charge is 0.255 e. The van der Waals surface area contributed by atoms with Gasteiger partial charge in [-0.15, -0.1) is 0 Å². The SMILES string of the molecule is CC=C(C)CN1CC2CN(C(=O)c3ccc(C)nc3C)CC2(CN(C)C)C1. The minimum absolute atomic E-state index is 0.142. The van der Waals surface area contributed by atoms with Crippen LogP contribution in [0.15, 0.2) is 23.8 Å². The molecule has 1 aromatic rings. The number of aromatic nitrogens is 1. The van der Waals surface area contributed by atoms with Crippen LogP contribution in [0.1, 0.15) is 35.6 Å². The van der Waals surface area contributed by atoms with Crippen molar-refractivity contribution in [3.63, 3.8) is 0 Å². The number of pyridine rings is 1. The molecule has 2 aliphatic rings. The molecule has 3 rings (SSSR count). The lowest BCUT2D eigenvalue weighted by molar-refractivity contribution is 0.0749. The lowest BCUT2D eigenvalue weighted by Gasteiger charge is -2.32. The Hall–Kier alpha value is -1.72. The zero-order chi connectivity index (χ0) is 19.8. The fourth-order valence-corrected chi connectivity index (χ4v) is 4.95. The van der Waals surface area contributed by atoms with Gasteiger partial charge in [0.25, 0.3) is 5.91 Å². The van der Waals surface area contributed by atoms with Gasteiger partial charge < -0.3 is 9.80 Å². The number of fused-ring (bicyclic) bond motifs is 1. The Balaban J connectivity index is 1.79. The summed E-state index contributed by atoms with van der Waals surface area (Å²) in [6, 6.07) is 3.88. The molecule has 2 fully saturated rings. The second-order valence-electron chi connectivity index (χ2n) is 8.87. The first-order valence-corrected chi connectivity index (χ1v) is 9.96. The molecule has 0 aromatic carbocycles. The number of nitrogens with zero attached hydrogens (tertiary/aromatic N) is 4. The minimum Gasteiger partial charge on any atom is -0.338 e. The minimum atomic E-state index is 0.142. The van der Waals surface area contributed by atoms with Crippen LogP contribution in [0.2, 0.25) is 0 Å². The zero-order valence-corrected chi connectivity index (χ0v) is 17.7. The van der Waals surface area contributed by atoms with Gasteiger partial charge in [0.2, 0.25) is 0 Å². The predicted octanol–water partition coefficient (Wildman–Crippen LogP) is 2.60. The second kappa shape index (κ2) is 7.72. The zero-order valence-electron chi connectivity index (χ0n) is 17.7. The number of rotatable bonds is 5. The molecule has 27 heavy (non-hydrogen) atoms. The molecule has 0 aliphatic carbocycles. The second-order valence-corrected chi connectivity index (χ2v) is 8.87. The van der Waals surface area contributed by atoms with Crippen LogP contribution in [-0.2, 0) is 0 Å². The number of hydrogen-bond acceptors (Lipinski definition) is 4. The third-order valence-corrected chi connectivity index (χ3v) is 6.17. The van der Waals surface area contributed by atoms with E-state index in [1.165, 1.54) is 5.57 Å². The molecular formula is C22H34N4O. The fraction of sp³-hybridized carbons (Fsp3) is 0.636. The summed E-state index contributed by atoms with van der Waals surface area (Å²) in [5, 5.41) is 0. The topological polar surface area (TPSA) is 39.7 Å². The van der Waals surface area contributed by atoms with E-state index in [2.05, 4.69) is 53.7 Å². The highest BCUT2D eigenvalue weighted by Crippen LogP contribution is 2.43. The van der Waals surface area contributed by atoms with Crippen molar-refractivity contribution < 1.29 is 4.79 Å². The van der Waals surface area contributed by atoms with E-state index in [9.17, 15) is 4.79 Å². The highest BCUT2D eigenvalue weighted by molar-refractivity contribution is 5.95. The summed E-state index contributed by atoms with van der Waals surface area (Å²) in [7, 11) is 4.29. The summed E-state index contributed by atoms with van der Waals surface area (Å²) in [6.45, 7) is 14.1. The standard InChI is InChI=1S/C22H34N4O/c1-7-16(2)10-25-11-19-12-26(15-22(19,14-25)13-24(5)6)21(27)20-9-8-17(3)23-18(20)4/h7-9,19H,10-15H2,1-6H3. The number of aryl methyl sites for hydroxylation is 2. The number of hydrogen-bond donors (Lipinski definition) is 0. The van der Waals surface area contributed by atoms with E-state index in [-0.39, 0.29) is 11.3 Å². The summed E-state index contributed by atoms with van der Waals surface area (Å²) in [6.07, 6.45) is 2.20. The van der Waals surface area contributed by atoms with Crippen molar-refractivity contribution in [2.45, 2.75) is 27.7 Å². The number of carbonyl (C=O) groups excluding carboxylic acids is 1. The molecule has 2 saturated heterocycles. The van der Waals surface area contributed by atoms with Crippen molar-refractivity contribution in [1.29, 1.82) is 0 Å². The monoisotopic (exact) mass is 370 g/mol. The Kier molecular flexibility index (Phi) is 5.73. The lowest BCUT2D eigenvalue weighted by atomic mass is 9.80. The summed E-state index contributed by atoms with van der Waals surface area (Å²) < 4.78 is 0. The number of likely N-dealkylation sites (tertiary alicyclic amines) is 2. The van der Waals surface area contributed by atoms with Gasteiger partial charge in [0.05, 0.1) is 11.3 Å². The Morgan fingerprint density at radius 3 is 2.67 bits per heavy atom.